The highest BCUT2D eigenvalue weighted by Crippen LogP contribution is 2.25. The molecule has 1 aromatic heterocycles. The van der Waals surface area contributed by atoms with Crippen molar-refractivity contribution in [3.63, 3.8) is 0 Å². The molecule has 0 aliphatic rings. The first-order valence-corrected chi connectivity index (χ1v) is 9.03. The molecule has 3 aromatic rings. The van der Waals surface area contributed by atoms with Crippen molar-refractivity contribution in [2.45, 2.75) is 6.54 Å². The molecule has 0 aliphatic heterocycles. The fraction of sp³-hybridized carbons (Fsp3) is 0.130. The molecule has 0 aliphatic carbocycles. The monoisotopic (exact) mass is 391 g/mol. The molecule has 0 saturated heterocycles. The number of furan rings is 1. The second-order valence-corrected chi connectivity index (χ2v) is 6.10. The Morgan fingerprint density at radius 2 is 1.76 bits per heavy atom. The molecule has 0 atom stereocenters. The Morgan fingerprint density at radius 1 is 1.00 bits per heavy atom. The highest BCUT2D eigenvalue weighted by Gasteiger charge is 2.16. The largest absolute Gasteiger partial charge is 0.496 e. The van der Waals surface area contributed by atoms with E-state index < -0.39 is 18.5 Å². The van der Waals surface area contributed by atoms with Crippen LogP contribution in [0.25, 0.3) is 11.6 Å². The second kappa shape index (κ2) is 9.94. The predicted molar refractivity (Wildman–Crippen MR) is 109 cm³/mol. The average molecular weight is 391 g/mol. The summed E-state index contributed by atoms with van der Waals surface area (Å²) in [6, 6.07) is 19.9. The Hall–Kier alpha value is -3.80. The smallest absolute Gasteiger partial charge is 0.339 e. The summed E-state index contributed by atoms with van der Waals surface area (Å²) < 4.78 is 15.8. The van der Waals surface area contributed by atoms with Crippen molar-refractivity contribution in [1.29, 1.82) is 0 Å². The molecule has 148 valence electrons. The summed E-state index contributed by atoms with van der Waals surface area (Å²) >= 11 is 0. The van der Waals surface area contributed by atoms with E-state index in [4.69, 9.17) is 13.9 Å². The van der Waals surface area contributed by atoms with Gasteiger partial charge in [-0.2, -0.15) is 0 Å². The van der Waals surface area contributed by atoms with Gasteiger partial charge in [0.05, 0.1) is 25.5 Å². The Kier molecular flexibility index (Phi) is 6.84. The van der Waals surface area contributed by atoms with Crippen LogP contribution in [0.5, 0.6) is 5.75 Å². The van der Waals surface area contributed by atoms with Gasteiger partial charge in [-0.05, 0) is 29.8 Å². The van der Waals surface area contributed by atoms with Gasteiger partial charge in [-0.3, -0.25) is 4.79 Å². The van der Waals surface area contributed by atoms with Gasteiger partial charge in [0, 0.05) is 5.56 Å². The Morgan fingerprint density at radius 3 is 2.48 bits per heavy atom. The summed E-state index contributed by atoms with van der Waals surface area (Å²) in [5.74, 6) is 0.227. The maximum atomic E-state index is 12.8. The molecule has 29 heavy (non-hydrogen) atoms. The van der Waals surface area contributed by atoms with E-state index in [0.29, 0.717) is 22.6 Å². The Balaban J connectivity index is 1.73. The first-order valence-electron chi connectivity index (χ1n) is 9.03. The highest BCUT2D eigenvalue weighted by molar-refractivity contribution is 6.22. The third-order valence-electron chi connectivity index (χ3n) is 4.12. The number of rotatable bonds is 8. The van der Waals surface area contributed by atoms with Gasteiger partial charge < -0.3 is 19.2 Å². The molecule has 0 saturated carbocycles. The molecule has 6 nitrogen and oxygen atoms in total. The SMILES string of the molecule is COc1ccccc1C=C(C(=O)OCC(=O)NCc1ccco1)c1ccccc1. The normalized spacial score (nSPS) is 11.0. The quantitative estimate of drug-likeness (QED) is 0.360. The van der Waals surface area contributed by atoms with Crippen LogP contribution in [-0.2, 0) is 20.9 Å². The molecule has 0 unspecified atom stereocenters. The van der Waals surface area contributed by atoms with Crippen LogP contribution >= 0.6 is 0 Å². The topological polar surface area (TPSA) is 77.8 Å². The van der Waals surface area contributed by atoms with E-state index in [9.17, 15) is 9.59 Å². The molecule has 6 heteroatoms. The first kappa shape index (κ1) is 19.9. The standard InChI is InChI=1S/C23H21NO5/c1-27-21-12-6-5-10-18(21)14-20(17-8-3-2-4-9-17)23(26)29-16-22(25)24-15-19-11-7-13-28-19/h2-14H,15-16H2,1H3,(H,24,25). The maximum Gasteiger partial charge on any atom is 0.339 e. The van der Waals surface area contributed by atoms with Gasteiger partial charge >= 0.3 is 5.97 Å². The molecular weight excluding hydrogens is 370 g/mol. The number of esters is 1. The van der Waals surface area contributed by atoms with E-state index in [1.807, 2.05) is 42.5 Å². The van der Waals surface area contributed by atoms with E-state index >= 15 is 0 Å². The molecular formula is C23H21NO5. The highest BCUT2D eigenvalue weighted by atomic mass is 16.5. The zero-order valence-electron chi connectivity index (χ0n) is 16.0. The zero-order valence-corrected chi connectivity index (χ0v) is 16.0. The number of benzene rings is 2. The second-order valence-electron chi connectivity index (χ2n) is 6.10. The Labute approximate surface area is 168 Å². The van der Waals surface area contributed by atoms with E-state index in [1.165, 1.54) is 6.26 Å². The van der Waals surface area contributed by atoms with Crippen LogP contribution in [0.2, 0.25) is 0 Å². The summed E-state index contributed by atoms with van der Waals surface area (Å²) in [6.07, 6.45) is 3.22. The summed E-state index contributed by atoms with van der Waals surface area (Å²) in [5, 5.41) is 2.64. The van der Waals surface area contributed by atoms with Gasteiger partial charge in [0.25, 0.3) is 5.91 Å². The lowest BCUT2D eigenvalue weighted by Gasteiger charge is -2.11. The van der Waals surface area contributed by atoms with Crippen LogP contribution in [0.15, 0.2) is 77.4 Å². The van der Waals surface area contributed by atoms with Crippen molar-refractivity contribution < 1.29 is 23.5 Å². The minimum atomic E-state index is -0.602. The van der Waals surface area contributed by atoms with Crippen LogP contribution in [-0.4, -0.2) is 25.6 Å². The summed E-state index contributed by atoms with van der Waals surface area (Å²) in [6.45, 7) is -0.165. The molecule has 0 bridgehead atoms. The molecule has 1 heterocycles. The molecule has 1 amide bonds. The number of nitrogens with one attached hydrogen (secondary N) is 1. The molecule has 0 radical (unpaired) electrons. The number of hydrogen-bond donors (Lipinski definition) is 1. The number of carbonyl (C=O) groups excluding carboxylic acids is 2. The van der Waals surface area contributed by atoms with Gasteiger partial charge in [-0.1, -0.05) is 48.5 Å². The van der Waals surface area contributed by atoms with Crippen molar-refractivity contribution in [3.05, 3.63) is 89.9 Å². The summed E-state index contributed by atoms with van der Waals surface area (Å²) in [7, 11) is 1.57. The summed E-state index contributed by atoms with van der Waals surface area (Å²) in [4.78, 5) is 24.7. The fourth-order valence-electron chi connectivity index (χ4n) is 2.68. The van der Waals surface area contributed by atoms with E-state index in [1.54, 1.807) is 37.5 Å². The number of methoxy groups -OCH3 is 1. The van der Waals surface area contributed by atoms with Gasteiger partial charge in [0.15, 0.2) is 6.61 Å². The van der Waals surface area contributed by atoms with Gasteiger partial charge in [-0.25, -0.2) is 4.79 Å². The van der Waals surface area contributed by atoms with Gasteiger partial charge in [0.1, 0.15) is 11.5 Å². The number of hydrogen-bond acceptors (Lipinski definition) is 5. The van der Waals surface area contributed by atoms with Gasteiger partial charge in [0.2, 0.25) is 0 Å². The lowest BCUT2D eigenvalue weighted by molar-refractivity contribution is -0.142. The van der Waals surface area contributed by atoms with Crippen LogP contribution in [0.4, 0.5) is 0 Å². The minimum absolute atomic E-state index is 0.228. The number of ether oxygens (including phenoxy) is 2. The van der Waals surface area contributed by atoms with Crippen LogP contribution in [0, 0.1) is 0 Å². The predicted octanol–water partition coefficient (Wildman–Crippen LogP) is 3.69. The molecule has 3 rings (SSSR count). The number of para-hydroxylation sites is 1. The van der Waals surface area contributed by atoms with Crippen LogP contribution < -0.4 is 10.1 Å². The third-order valence-corrected chi connectivity index (χ3v) is 4.12. The van der Waals surface area contributed by atoms with E-state index in [-0.39, 0.29) is 6.54 Å². The molecule has 2 aromatic carbocycles. The molecule has 0 fully saturated rings. The van der Waals surface area contributed by atoms with Gasteiger partial charge in [-0.15, -0.1) is 0 Å². The molecule has 0 spiro atoms. The fourth-order valence-corrected chi connectivity index (χ4v) is 2.68. The van der Waals surface area contributed by atoms with Crippen LogP contribution in [0.3, 0.4) is 0 Å². The summed E-state index contributed by atoms with van der Waals surface area (Å²) in [5.41, 5.74) is 1.74. The van der Waals surface area contributed by atoms with Crippen molar-refractivity contribution in [2.75, 3.05) is 13.7 Å². The number of carbonyl (C=O) groups is 2. The van der Waals surface area contributed by atoms with Crippen molar-refractivity contribution in [1.82, 2.24) is 5.32 Å². The third kappa shape index (κ3) is 5.59. The molecule has 1 N–H and O–H groups in total. The maximum absolute atomic E-state index is 12.8. The number of amides is 1. The lowest BCUT2D eigenvalue weighted by Crippen LogP contribution is -2.28. The van der Waals surface area contributed by atoms with E-state index in [0.717, 1.165) is 5.56 Å². The first-order chi connectivity index (χ1) is 14.2. The minimum Gasteiger partial charge on any atom is -0.496 e. The van der Waals surface area contributed by atoms with Crippen molar-refractivity contribution >= 4 is 23.5 Å². The average Bonchev–Trinajstić information content (AvgIpc) is 3.29. The zero-order chi connectivity index (χ0) is 20.5. The van der Waals surface area contributed by atoms with E-state index in [2.05, 4.69) is 5.32 Å². The van der Waals surface area contributed by atoms with Crippen molar-refractivity contribution in [3.8, 4) is 5.75 Å². The van der Waals surface area contributed by atoms with Crippen molar-refractivity contribution in [2.24, 2.45) is 0 Å². The lowest BCUT2D eigenvalue weighted by atomic mass is 10.0. The van der Waals surface area contributed by atoms with Crippen LogP contribution in [0.1, 0.15) is 16.9 Å². The Bertz CT molecular complexity index is 978.